The van der Waals surface area contributed by atoms with Gasteiger partial charge >= 0.3 is 17.9 Å². The first-order valence-corrected chi connectivity index (χ1v) is 24.0. The van der Waals surface area contributed by atoms with E-state index in [0.29, 0.717) is 19.3 Å². The Kier molecular flexibility index (Phi) is 14.4. The lowest BCUT2D eigenvalue weighted by molar-refractivity contribution is -0.371. The highest BCUT2D eigenvalue weighted by atomic mass is 16.8. The van der Waals surface area contributed by atoms with Crippen molar-refractivity contribution < 1.29 is 77.9 Å². The van der Waals surface area contributed by atoms with Crippen LogP contribution in [0.4, 0.5) is 0 Å². The third kappa shape index (κ3) is 8.51. The molecule has 374 valence electrons. The molecule has 0 spiro atoms. The third-order valence-corrected chi connectivity index (χ3v) is 18.2. The lowest BCUT2D eigenvalue weighted by Gasteiger charge is -2.70. The second kappa shape index (κ2) is 18.8. The van der Waals surface area contributed by atoms with Crippen molar-refractivity contribution in [1.29, 1.82) is 0 Å². The molecule has 16 heteroatoms. The summed E-state index contributed by atoms with van der Waals surface area (Å²) in [5.74, 6) is -2.57. The molecule has 0 aromatic carbocycles. The zero-order chi connectivity index (χ0) is 49.2. The van der Waals surface area contributed by atoms with E-state index in [4.69, 9.17) is 33.2 Å². The fourth-order valence-electron chi connectivity index (χ4n) is 14.1. The fourth-order valence-corrected chi connectivity index (χ4v) is 14.1. The van der Waals surface area contributed by atoms with Crippen LogP contribution in [0.25, 0.3) is 0 Å². The van der Waals surface area contributed by atoms with Crippen molar-refractivity contribution in [3.05, 3.63) is 49.6 Å². The van der Waals surface area contributed by atoms with E-state index in [1.807, 2.05) is 13.0 Å². The van der Waals surface area contributed by atoms with Crippen molar-refractivity contribution >= 4 is 23.7 Å². The number of carbonyl (C=O) groups is 4. The Balaban J connectivity index is 1.17. The van der Waals surface area contributed by atoms with E-state index in [2.05, 4.69) is 61.3 Å². The Labute approximate surface area is 394 Å². The number of esters is 3. The SMILES string of the molecule is C=CCOC(=O)[C@@H]1O[C@H](O[C@@H]2[C@H](O[C@@H]3CC[C@@]4(C)[C@H](CC[C@]5(C)[C@@H]4C(=O)C=C4[C@@H]6C[C@@](C)(C(=O)OCC=C)CC[C@@]6(C)CC[C@@]45C)C3(C)C)O[C@@H](C(=O)OCC=C)[C@H](O)[C@@H]2O)[C@@H](O)[C@H](O)[C@H]1O. The molecule has 6 fully saturated rings. The van der Waals surface area contributed by atoms with Gasteiger partial charge in [-0.05, 0) is 110 Å². The van der Waals surface area contributed by atoms with Gasteiger partial charge in [0.15, 0.2) is 30.6 Å². The Morgan fingerprint density at radius 1 is 0.687 bits per heavy atom. The van der Waals surface area contributed by atoms with E-state index < -0.39 is 101 Å². The van der Waals surface area contributed by atoms with Crippen LogP contribution in [0.2, 0.25) is 0 Å². The second-order valence-electron chi connectivity index (χ2n) is 22.4. The topological polar surface area (TPSA) is 234 Å². The average molecular weight is 943 g/mol. The number of rotatable bonds is 13. The van der Waals surface area contributed by atoms with Crippen LogP contribution < -0.4 is 0 Å². The lowest BCUT2D eigenvalue weighted by atomic mass is 9.33. The first kappa shape index (κ1) is 51.5. The Hall–Kier alpha value is -3.32. The largest absolute Gasteiger partial charge is 0.461 e. The summed E-state index contributed by atoms with van der Waals surface area (Å²) in [6.45, 7) is 25.8. The summed E-state index contributed by atoms with van der Waals surface area (Å²) in [5, 5.41) is 55.4. The van der Waals surface area contributed by atoms with Gasteiger partial charge in [-0.3, -0.25) is 9.59 Å². The van der Waals surface area contributed by atoms with Gasteiger partial charge in [0.05, 0.1) is 11.5 Å². The predicted octanol–water partition coefficient (Wildman–Crippen LogP) is 4.18. The maximum Gasteiger partial charge on any atom is 0.338 e. The zero-order valence-corrected chi connectivity index (χ0v) is 40.2. The lowest BCUT2D eigenvalue weighted by Crippen LogP contribution is -2.68. The Bertz CT molecular complexity index is 1980. The summed E-state index contributed by atoms with van der Waals surface area (Å²) >= 11 is 0. The highest BCUT2D eigenvalue weighted by Gasteiger charge is 2.71. The molecule has 5 aliphatic carbocycles. The molecule has 19 atom stereocenters. The summed E-state index contributed by atoms with van der Waals surface area (Å²) in [6.07, 6.45) is -6.40. The molecule has 0 unspecified atom stereocenters. The highest BCUT2D eigenvalue weighted by molar-refractivity contribution is 5.95. The van der Waals surface area contributed by atoms with Crippen molar-refractivity contribution in [2.45, 2.75) is 174 Å². The molecular formula is C51H74O16. The first-order chi connectivity index (χ1) is 31.4. The third-order valence-electron chi connectivity index (χ3n) is 18.2. The number of hydrogen-bond donors (Lipinski definition) is 5. The summed E-state index contributed by atoms with van der Waals surface area (Å²) in [6, 6.07) is 0. The Morgan fingerprint density at radius 2 is 1.25 bits per heavy atom. The molecule has 5 N–H and O–H groups in total. The van der Waals surface area contributed by atoms with Crippen molar-refractivity contribution in [3.63, 3.8) is 0 Å². The number of ether oxygens (including phenoxy) is 7. The van der Waals surface area contributed by atoms with E-state index in [9.17, 15) is 39.9 Å². The van der Waals surface area contributed by atoms with Crippen LogP contribution in [-0.2, 0) is 52.3 Å². The number of hydrogen-bond acceptors (Lipinski definition) is 16. The van der Waals surface area contributed by atoms with E-state index in [0.717, 1.165) is 38.5 Å². The molecule has 2 heterocycles. The smallest absolute Gasteiger partial charge is 0.338 e. The number of aliphatic hydroxyl groups excluding tert-OH is 5. The van der Waals surface area contributed by atoms with Crippen LogP contribution in [-0.4, -0.2) is 137 Å². The quantitative estimate of drug-likeness (QED) is 0.0754. The van der Waals surface area contributed by atoms with E-state index in [-0.39, 0.29) is 60.2 Å². The summed E-state index contributed by atoms with van der Waals surface area (Å²) in [4.78, 5) is 54.7. The maximum atomic E-state index is 15.1. The van der Waals surface area contributed by atoms with Crippen LogP contribution in [0.3, 0.4) is 0 Å². The summed E-state index contributed by atoms with van der Waals surface area (Å²) in [5.41, 5.74) is -1.44. The molecule has 0 aromatic heterocycles. The van der Waals surface area contributed by atoms with Crippen molar-refractivity contribution in [1.82, 2.24) is 0 Å². The van der Waals surface area contributed by atoms with Crippen LogP contribution in [0.15, 0.2) is 49.6 Å². The van der Waals surface area contributed by atoms with Gasteiger partial charge in [-0.15, -0.1) is 0 Å². The van der Waals surface area contributed by atoms with Crippen LogP contribution >= 0.6 is 0 Å². The van der Waals surface area contributed by atoms with Gasteiger partial charge in [0, 0.05) is 5.92 Å². The molecule has 67 heavy (non-hydrogen) atoms. The standard InChI is InChI=1S/C51H74O16/c1-11-22-61-41(58)37-33(54)32(53)36(57)43(65-37)67-39-35(56)34(55)38(42(59)62-23-12-2)66-44(39)64-31-15-16-49(8)30(46(31,4)5)14-17-51(10)40(49)29(52)25-27-28-26-48(7,45(60)63-24-13-3)19-18-47(28,6)20-21-50(27,51)9/h11-13,25,28,30-40,43-44,53-57H,1-3,14-24,26H2,4-10H3/t28-,30+,31+,32+,33+,34+,35-,36-,37+,38+,39-,40+,43+,44+,47-,48-,49-,50-,51+/m0/s1. The van der Waals surface area contributed by atoms with E-state index in [1.54, 1.807) is 6.08 Å². The average Bonchev–Trinajstić information content (AvgIpc) is 3.28. The van der Waals surface area contributed by atoms with Crippen LogP contribution in [0, 0.1) is 50.2 Å². The minimum atomic E-state index is -1.97. The van der Waals surface area contributed by atoms with E-state index in [1.165, 1.54) is 17.7 Å². The van der Waals surface area contributed by atoms with Gasteiger partial charge in [-0.25, -0.2) is 9.59 Å². The van der Waals surface area contributed by atoms with Gasteiger partial charge in [0.2, 0.25) is 0 Å². The molecule has 16 nitrogen and oxygen atoms in total. The van der Waals surface area contributed by atoms with Gasteiger partial charge in [-0.2, -0.15) is 0 Å². The molecule has 0 aromatic rings. The first-order valence-electron chi connectivity index (χ1n) is 24.0. The monoisotopic (exact) mass is 942 g/mol. The minimum Gasteiger partial charge on any atom is -0.461 e. The molecule has 2 saturated heterocycles. The number of allylic oxidation sites excluding steroid dienone is 2. The number of aliphatic hydroxyl groups is 5. The van der Waals surface area contributed by atoms with Crippen LogP contribution in [0.5, 0.6) is 0 Å². The highest BCUT2D eigenvalue weighted by Crippen LogP contribution is 2.75. The molecule has 0 radical (unpaired) electrons. The molecule has 7 rings (SSSR count). The minimum absolute atomic E-state index is 0.0388. The number of ketones is 1. The zero-order valence-electron chi connectivity index (χ0n) is 40.2. The molecule has 4 saturated carbocycles. The predicted molar refractivity (Wildman–Crippen MR) is 240 cm³/mol. The second-order valence-corrected chi connectivity index (χ2v) is 22.4. The number of fused-ring (bicyclic) bond motifs is 7. The summed E-state index contributed by atoms with van der Waals surface area (Å²) < 4.78 is 40.5. The normalized spacial score (nSPS) is 46.7. The molecule has 7 aliphatic rings. The van der Waals surface area contributed by atoms with E-state index >= 15 is 4.79 Å². The Morgan fingerprint density at radius 3 is 1.87 bits per heavy atom. The van der Waals surface area contributed by atoms with Crippen molar-refractivity contribution in [2.24, 2.45) is 50.2 Å². The van der Waals surface area contributed by atoms with Gasteiger partial charge in [-0.1, -0.05) is 85.1 Å². The van der Waals surface area contributed by atoms with Gasteiger partial charge in [0.1, 0.15) is 56.4 Å². The van der Waals surface area contributed by atoms with Gasteiger partial charge < -0.3 is 58.7 Å². The van der Waals surface area contributed by atoms with Gasteiger partial charge in [0.25, 0.3) is 0 Å². The maximum absolute atomic E-state index is 15.1. The van der Waals surface area contributed by atoms with Crippen molar-refractivity contribution in [3.8, 4) is 0 Å². The molecule has 2 aliphatic heterocycles. The van der Waals surface area contributed by atoms with Crippen LogP contribution in [0.1, 0.15) is 106 Å². The van der Waals surface area contributed by atoms with Crippen molar-refractivity contribution in [2.75, 3.05) is 19.8 Å². The summed E-state index contributed by atoms with van der Waals surface area (Å²) in [7, 11) is 0. The molecule has 0 amide bonds. The fraction of sp³-hybridized carbons (Fsp3) is 0.765. The number of carbonyl (C=O) groups excluding carboxylic acids is 4. The molecular weight excluding hydrogens is 869 g/mol. The molecule has 0 bridgehead atoms.